The predicted octanol–water partition coefficient (Wildman–Crippen LogP) is 6.57. The summed E-state index contributed by atoms with van der Waals surface area (Å²) < 4.78 is 41.7. The Hall–Kier alpha value is -3.00. The van der Waals surface area contributed by atoms with Crippen molar-refractivity contribution < 1.29 is 17.9 Å². The molecule has 0 spiro atoms. The average molecular weight is 437 g/mol. The summed E-state index contributed by atoms with van der Waals surface area (Å²) in [5.74, 6) is 0.504. The minimum atomic E-state index is -4.77. The minimum absolute atomic E-state index is 0.0609. The second-order valence-electron chi connectivity index (χ2n) is 6.93. The molecule has 0 aliphatic rings. The fraction of sp³-hybridized carbons (Fsp3) is 0.238. The maximum atomic E-state index is 12.6. The predicted molar refractivity (Wildman–Crippen MR) is 112 cm³/mol. The second-order valence-corrected chi connectivity index (χ2v) is 7.33. The summed E-state index contributed by atoms with van der Waals surface area (Å²) in [5, 5.41) is 6.95. The Morgan fingerprint density at radius 2 is 1.80 bits per heavy atom. The highest BCUT2D eigenvalue weighted by molar-refractivity contribution is 6.31. The van der Waals surface area contributed by atoms with Crippen LogP contribution < -0.4 is 15.4 Å². The van der Waals surface area contributed by atoms with Gasteiger partial charge in [0.2, 0.25) is 5.95 Å². The standard InChI is InChI=1S/C21H20ClF3N4O/c1-12(2)26-20-28-18(14-5-4-6-16(10-14)30-21(23,24)25)11-19(29-20)27-15-7-8-17(22)13(3)9-15/h4-12H,1-3H3,(H2,26,27,28,29). The number of aryl methyl sites for hydroxylation is 1. The van der Waals surface area contributed by atoms with E-state index in [0.717, 1.165) is 11.3 Å². The lowest BCUT2D eigenvalue weighted by Crippen LogP contribution is -2.17. The average Bonchev–Trinajstić information content (AvgIpc) is 2.63. The van der Waals surface area contributed by atoms with Crippen LogP contribution in [0.25, 0.3) is 11.3 Å². The quantitative estimate of drug-likeness (QED) is 0.457. The van der Waals surface area contributed by atoms with Crippen LogP contribution in [0.5, 0.6) is 5.75 Å². The van der Waals surface area contributed by atoms with Crippen LogP contribution in [0.1, 0.15) is 19.4 Å². The van der Waals surface area contributed by atoms with Gasteiger partial charge in [-0.25, -0.2) is 4.98 Å². The molecule has 2 N–H and O–H groups in total. The maximum Gasteiger partial charge on any atom is 0.573 e. The van der Waals surface area contributed by atoms with E-state index in [0.29, 0.717) is 28.0 Å². The van der Waals surface area contributed by atoms with Gasteiger partial charge in [-0.05, 0) is 56.7 Å². The number of rotatable bonds is 6. The van der Waals surface area contributed by atoms with Gasteiger partial charge in [0.1, 0.15) is 11.6 Å². The van der Waals surface area contributed by atoms with E-state index >= 15 is 0 Å². The monoisotopic (exact) mass is 436 g/mol. The van der Waals surface area contributed by atoms with Crippen molar-refractivity contribution in [1.82, 2.24) is 9.97 Å². The Morgan fingerprint density at radius 3 is 2.47 bits per heavy atom. The smallest absolute Gasteiger partial charge is 0.406 e. The highest BCUT2D eigenvalue weighted by Gasteiger charge is 2.31. The van der Waals surface area contributed by atoms with E-state index in [1.165, 1.54) is 18.2 Å². The molecule has 158 valence electrons. The Balaban J connectivity index is 1.98. The topological polar surface area (TPSA) is 59.1 Å². The maximum absolute atomic E-state index is 12.6. The summed E-state index contributed by atoms with van der Waals surface area (Å²) in [5.41, 5.74) is 2.56. The van der Waals surface area contributed by atoms with Gasteiger partial charge in [-0.2, -0.15) is 4.98 Å². The number of anilines is 3. The molecule has 0 unspecified atom stereocenters. The largest absolute Gasteiger partial charge is 0.573 e. The molecule has 0 bridgehead atoms. The molecule has 0 saturated heterocycles. The number of nitrogens with zero attached hydrogens (tertiary/aromatic N) is 2. The van der Waals surface area contributed by atoms with Gasteiger partial charge in [-0.15, -0.1) is 13.2 Å². The van der Waals surface area contributed by atoms with Crippen LogP contribution in [-0.4, -0.2) is 22.4 Å². The molecule has 0 aliphatic carbocycles. The van der Waals surface area contributed by atoms with E-state index < -0.39 is 6.36 Å². The van der Waals surface area contributed by atoms with E-state index in [1.807, 2.05) is 32.9 Å². The molecule has 0 amide bonds. The molecule has 0 radical (unpaired) electrons. The first-order valence-corrected chi connectivity index (χ1v) is 9.52. The van der Waals surface area contributed by atoms with Crippen LogP contribution in [0.4, 0.5) is 30.6 Å². The fourth-order valence-corrected chi connectivity index (χ4v) is 2.82. The molecule has 0 atom stereocenters. The van der Waals surface area contributed by atoms with E-state index in [1.54, 1.807) is 18.2 Å². The summed E-state index contributed by atoms with van der Waals surface area (Å²) >= 11 is 6.08. The van der Waals surface area contributed by atoms with Gasteiger partial charge < -0.3 is 15.4 Å². The van der Waals surface area contributed by atoms with Crippen LogP contribution in [0, 0.1) is 6.92 Å². The van der Waals surface area contributed by atoms with Gasteiger partial charge in [-0.1, -0.05) is 23.7 Å². The number of hydrogen-bond donors (Lipinski definition) is 2. The van der Waals surface area contributed by atoms with Crippen molar-refractivity contribution in [3.05, 3.63) is 59.1 Å². The molecule has 9 heteroatoms. The van der Waals surface area contributed by atoms with Crippen molar-refractivity contribution in [1.29, 1.82) is 0 Å². The van der Waals surface area contributed by atoms with Crippen molar-refractivity contribution >= 4 is 29.1 Å². The van der Waals surface area contributed by atoms with E-state index in [2.05, 4.69) is 25.3 Å². The van der Waals surface area contributed by atoms with E-state index in [4.69, 9.17) is 11.6 Å². The van der Waals surface area contributed by atoms with Gasteiger partial charge >= 0.3 is 6.36 Å². The zero-order valence-corrected chi connectivity index (χ0v) is 17.3. The molecule has 0 fully saturated rings. The molecule has 1 heterocycles. The van der Waals surface area contributed by atoms with Crippen LogP contribution in [0.3, 0.4) is 0 Å². The Bertz CT molecular complexity index is 1040. The Kier molecular flexibility index (Phi) is 6.36. The normalized spacial score (nSPS) is 11.5. The number of benzene rings is 2. The minimum Gasteiger partial charge on any atom is -0.406 e. The van der Waals surface area contributed by atoms with Gasteiger partial charge in [0, 0.05) is 28.4 Å². The molecule has 1 aromatic heterocycles. The van der Waals surface area contributed by atoms with Crippen molar-refractivity contribution in [2.45, 2.75) is 33.2 Å². The molecule has 3 aromatic rings. The lowest BCUT2D eigenvalue weighted by atomic mass is 10.1. The van der Waals surface area contributed by atoms with Gasteiger partial charge in [-0.3, -0.25) is 0 Å². The fourth-order valence-electron chi connectivity index (χ4n) is 2.70. The number of halogens is 4. The first-order valence-electron chi connectivity index (χ1n) is 9.14. The van der Waals surface area contributed by atoms with Gasteiger partial charge in [0.25, 0.3) is 0 Å². The molecule has 2 aromatic carbocycles. The molecule has 3 rings (SSSR count). The third-order valence-electron chi connectivity index (χ3n) is 3.94. The van der Waals surface area contributed by atoms with E-state index in [9.17, 15) is 13.2 Å². The van der Waals surface area contributed by atoms with Crippen molar-refractivity contribution in [3.8, 4) is 17.0 Å². The first kappa shape index (κ1) is 21.7. The lowest BCUT2D eigenvalue weighted by molar-refractivity contribution is -0.274. The lowest BCUT2D eigenvalue weighted by Gasteiger charge is -2.14. The number of nitrogens with one attached hydrogen (secondary N) is 2. The second kappa shape index (κ2) is 8.79. The molecule has 30 heavy (non-hydrogen) atoms. The van der Waals surface area contributed by atoms with Gasteiger partial charge in [0.05, 0.1) is 5.69 Å². The highest BCUT2D eigenvalue weighted by atomic mass is 35.5. The summed E-state index contributed by atoms with van der Waals surface area (Å²) in [7, 11) is 0. The highest BCUT2D eigenvalue weighted by Crippen LogP contribution is 2.30. The molecule has 0 aliphatic heterocycles. The molecule has 0 saturated carbocycles. The SMILES string of the molecule is Cc1cc(Nc2cc(-c3cccc(OC(F)(F)F)c3)nc(NC(C)C)n2)ccc1Cl. The Morgan fingerprint density at radius 1 is 1.03 bits per heavy atom. The molecular formula is C21H20ClF3N4O. The van der Waals surface area contributed by atoms with Crippen molar-refractivity contribution in [2.24, 2.45) is 0 Å². The zero-order chi connectivity index (χ0) is 21.9. The number of aromatic nitrogens is 2. The number of ether oxygens (including phenoxy) is 1. The molecular weight excluding hydrogens is 417 g/mol. The van der Waals surface area contributed by atoms with Crippen LogP contribution in [0.2, 0.25) is 5.02 Å². The number of alkyl halides is 3. The molecule has 5 nitrogen and oxygen atoms in total. The van der Waals surface area contributed by atoms with Crippen molar-refractivity contribution in [3.63, 3.8) is 0 Å². The first-order chi connectivity index (χ1) is 14.1. The summed E-state index contributed by atoms with van der Waals surface area (Å²) in [4.78, 5) is 8.89. The summed E-state index contributed by atoms with van der Waals surface area (Å²) in [6.45, 7) is 5.75. The van der Waals surface area contributed by atoms with Crippen LogP contribution in [0.15, 0.2) is 48.5 Å². The third-order valence-corrected chi connectivity index (χ3v) is 4.36. The zero-order valence-electron chi connectivity index (χ0n) is 16.5. The van der Waals surface area contributed by atoms with Crippen molar-refractivity contribution in [2.75, 3.05) is 10.6 Å². The van der Waals surface area contributed by atoms with Gasteiger partial charge in [0.15, 0.2) is 0 Å². The Labute approximate surface area is 177 Å². The summed E-state index contributed by atoms with van der Waals surface area (Å²) in [6.07, 6.45) is -4.77. The third kappa shape index (κ3) is 6.00. The van der Waals surface area contributed by atoms with Crippen LogP contribution in [-0.2, 0) is 0 Å². The van der Waals surface area contributed by atoms with E-state index in [-0.39, 0.29) is 11.8 Å². The van der Waals surface area contributed by atoms with Crippen LogP contribution >= 0.6 is 11.6 Å². The number of hydrogen-bond acceptors (Lipinski definition) is 5. The summed E-state index contributed by atoms with van der Waals surface area (Å²) in [6, 6.07) is 12.8.